The predicted molar refractivity (Wildman–Crippen MR) is 112 cm³/mol. The maximum atomic E-state index is 12.8. The average molecular weight is 397 g/mol. The fraction of sp³-hybridized carbons (Fsp3) is 0.238. The molecular formula is C21H21ClN4O2. The highest BCUT2D eigenvalue weighted by molar-refractivity contribution is 6.31. The van der Waals surface area contributed by atoms with Crippen molar-refractivity contribution >= 4 is 34.0 Å². The highest BCUT2D eigenvalue weighted by Gasteiger charge is 2.16. The zero-order valence-electron chi connectivity index (χ0n) is 15.8. The second-order valence-corrected chi connectivity index (χ2v) is 6.86. The number of unbranched alkanes of at least 4 members (excludes halogenated alkanes) is 1. The van der Waals surface area contributed by atoms with E-state index in [1.54, 1.807) is 43.3 Å². The molecule has 0 aliphatic heterocycles. The first kappa shape index (κ1) is 19.8. The van der Waals surface area contributed by atoms with Crippen LogP contribution in [0.15, 0.2) is 58.4 Å². The molecular weight excluding hydrogens is 376 g/mol. The lowest BCUT2D eigenvalue weighted by Gasteiger charge is -2.10. The van der Waals surface area contributed by atoms with Crippen LogP contribution in [0, 0.1) is 0 Å². The Morgan fingerprint density at radius 1 is 1.18 bits per heavy atom. The van der Waals surface area contributed by atoms with Crippen LogP contribution < -0.4 is 11.0 Å². The number of carbonyl (C=O) groups excluding carboxylic acids is 1. The van der Waals surface area contributed by atoms with Crippen molar-refractivity contribution in [1.29, 1.82) is 0 Å². The van der Waals surface area contributed by atoms with Crippen LogP contribution in [0.25, 0.3) is 10.8 Å². The van der Waals surface area contributed by atoms with Crippen LogP contribution in [0.4, 0.5) is 0 Å². The van der Waals surface area contributed by atoms with Crippen LogP contribution >= 0.6 is 11.6 Å². The van der Waals surface area contributed by atoms with Gasteiger partial charge in [-0.3, -0.25) is 9.59 Å². The van der Waals surface area contributed by atoms with Gasteiger partial charge < -0.3 is 0 Å². The first-order valence-electron chi connectivity index (χ1n) is 9.11. The maximum Gasteiger partial charge on any atom is 0.292 e. The number of hydrogen-bond acceptors (Lipinski definition) is 4. The van der Waals surface area contributed by atoms with Crippen molar-refractivity contribution in [3.05, 3.63) is 75.2 Å². The van der Waals surface area contributed by atoms with Crippen molar-refractivity contribution in [2.24, 2.45) is 5.10 Å². The molecule has 1 N–H and O–H groups in total. The Morgan fingerprint density at radius 3 is 2.64 bits per heavy atom. The Balaban J connectivity index is 1.95. The SMILES string of the molecule is CCCCn1nc(C(=O)N/N=C(/C)c2cccc(Cl)c2)c2ccccc2c1=O. The number of fused-ring (bicyclic) bond motifs is 1. The van der Waals surface area contributed by atoms with Gasteiger partial charge in [-0.15, -0.1) is 0 Å². The minimum atomic E-state index is -0.470. The second-order valence-electron chi connectivity index (χ2n) is 6.42. The number of hydrogen-bond donors (Lipinski definition) is 1. The highest BCUT2D eigenvalue weighted by Crippen LogP contribution is 2.14. The van der Waals surface area contributed by atoms with Gasteiger partial charge in [-0.1, -0.05) is 55.3 Å². The van der Waals surface area contributed by atoms with Gasteiger partial charge in [0.15, 0.2) is 5.69 Å². The quantitative estimate of drug-likeness (QED) is 0.505. The molecule has 3 aromatic rings. The zero-order valence-corrected chi connectivity index (χ0v) is 16.5. The highest BCUT2D eigenvalue weighted by atomic mass is 35.5. The molecule has 0 saturated carbocycles. The van der Waals surface area contributed by atoms with Crippen molar-refractivity contribution in [1.82, 2.24) is 15.2 Å². The van der Waals surface area contributed by atoms with E-state index in [1.807, 2.05) is 19.1 Å². The van der Waals surface area contributed by atoms with Gasteiger partial charge in [-0.25, -0.2) is 10.1 Å². The van der Waals surface area contributed by atoms with Gasteiger partial charge in [0.05, 0.1) is 11.1 Å². The smallest absolute Gasteiger partial charge is 0.267 e. The standard InChI is InChI=1S/C21H21ClN4O2/c1-3-4-12-26-21(28)18-11-6-5-10-17(18)19(25-26)20(27)24-23-14(2)15-8-7-9-16(22)13-15/h5-11,13H,3-4,12H2,1-2H3,(H,24,27)/b23-14-. The van der Waals surface area contributed by atoms with Crippen molar-refractivity contribution < 1.29 is 4.79 Å². The van der Waals surface area contributed by atoms with E-state index in [2.05, 4.69) is 15.6 Å². The van der Waals surface area contributed by atoms with E-state index in [0.29, 0.717) is 28.1 Å². The Morgan fingerprint density at radius 2 is 1.93 bits per heavy atom. The molecule has 1 aromatic heterocycles. The molecule has 28 heavy (non-hydrogen) atoms. The van der Waals surface area contributed by atoms with E-state index in [9.17, 15) is 9.59 Å². The fourth-order valence-electron chi connectivity index (χ4n) is 2.83. The number of hydrazone groups is 1. The lowest BCUT2D eigenvalue weighted by Crippen LogP contribution is -2.29. The lowest BCUT2D eigenvalue weighted by molar-refractivity contribution is 0.0949. The van der Waals surface area contributed by atoms with E-state index in [4.69, 9.17) is 11.6 Å². The van der Waals surface area contributed by atoms with Crippen molar-refractivity contribution in [3.63, 3.8) is 0 Å². The lowest BCUT2D eigenvalue weighted by atomic mass is 10.1. The summed E-state index contributed by atoms with van der Waals surface area (Å²) in [6.45, 7) is 4.28. The van der Waals surface area contributed by atoms with Crippen LogP contribution in [-0.2, 0) is 6.54 Å². The van der Waals surface area contributed by atoms with E-state index >= 15 is 0 Å². The minimum Gasteiger partial charge on any atom is -0.267 e. The maximum absolute atomic E-state index is 12.8. The molecule has 3 rings (SSSR count). The number of aryl methyl sites for hydroxylation is 1. The molecule has 0 unspecified atom stereocenters. The summed E-state index contributed by atoms with van der Waals surface area (Å²) in [6, 6.07) is 14.2. The molecule has 0 bridgehead atoms. The zero-order chi connectivity index (χ0) is 20.1. The van der Waals surface area contributed by atoms with Gasteiger partial charge in [0.1, 0.15) is 0 Å². The van der Waals surface area contributed by atoms with E-state index < -0.39 is 5.91 Å². The summed E-state index contributed by atoms with van der Waals surface area (Å²) in [4.78, 5) is 25.4. The van der Waals surface area contributed by atoms with Gasteiger partial charge in [0.2, 0.25) is 0 Å². The molecule has 0 spiro atoms. The monoisotopic (exact) mass is 396 g/mol. The Kier molecular flexibility index (Phi) is 6.21. The normalized spacial score (nSPS) is 11.6. The van der Waals surface area contributed by atoms with Crippen molar-refractivity contribution in [2.45, 2.75) is 33.2 Å². The summed E-state index contributed by atoms with van der Waals surface area (Å²) in [6.07, 6.45) is 1.73. The Labute approximate surface area is 167 Å². The summed E-state index contributed by atoms with van der Waals surface area (Å²) in [5.41, 5.74) is 3.93. The largest absolute Gasteiger partial charge is 0.292 e. The molecule has 0 saturated heterocycles. The molecule has 7 heteroatoms. The molecule has 1 amide bonds. The number of nitrogens with one attached hydrogen (secondary N) is 1. The first-order chi connectivity index (χ1) is 13.5. The third kappa shape index (κ3) is 4.28. The van der Waals surface area contributed by atoms with Crippen LogP contribution in [0.3, 0.4) is 0 Å². The molecule has 0 aliphatic rings. The first-order valence-corrected chi connectivity index (χ1v) is 9.49. The van der Waals surface area contributed by atoms with Gasteiger partial charge in [-0.2, -0.15) is 10.2 Å². The number of rotatable bonds is 6. The van der Waals surface area contributed by atoms with E-state index in [1.165, 1.54) is 4.68 Å². The van der Waals surface area contributed by atoms with Crippen LogP contribution in [0.1, 0.15) is 42.7 Å². The number of benzene rings is 2. The third-order valence-electron chi connectivity index (χ3n) is 4.37. The molecule has 0 atom stereocenters. The van der Waals surface area contributed by atoms with Crippen LogP contribution in [0.2, 0.25) is 5.02 Å². The fourth-order valence-corrected chi connectivity index (χ4v) is 3.02. The second kappa shape index (κ2) is 8.80. The molecule has 6 nitrogen and oxygen atoms in total. The minimum absolute atomic E-state index is 0.175. The summed E-state index contributed by atoms with van der Waals surface area (Å²) in [5, 5.41) is 10.0. The van der Waals surface area contributed by atoms with Crippen molar-refractivity contribution in [3.8, 4) is 0 Å². The predicted octanol–water partition coefficient (Wildman–Crippen LogP) is 4.00. The molecule has 0 radical (unpaired) electrons. The number of nitrogens with zero attached hydrogens (tertiary/aromatic N) is 3. The Hall–Kier alpha value is -2.99. The van der Waals surface area contributed by atoms with Gasteiger partial charge in [0.25, 0.3) is 11.5 Å². The Bertz CT molecular complexity index is 1110. The number of halogens is 1. The van der Waals surface area contributed by atoms with E-state index in [0.717, 1.165) is 18.4 Å². The molecule has 144 valence electrons. The average Bonchev–Trinajstić information content (AvgIpc) is 2.71. The van der Waals surface area contributed by atoms with Crippen LogP contribution in [-0.4, -0.2) is 21.4 Å². The van der Waals surface area contributed by atoms with E-state index in [-0.39, 0.29) is 11.3 Å². The van der Waals surface area contributed by atoms with Crippen molar-refractivity contribution in [2.75, 3.05) is 0 Å². The summed E-state index contributed by atoms with van der Waals surface area (Å²) < 4.78 is 1.36. The third-order valence-corrected chi connectivity index (χ3v) is 4.61. The topological polar surface area (TPSA) is 76.3 Å². The molecule has 1 heterocycles. The molecule has 0 fully saturated rings. The van der Waals surface area contributed by atoms with Gasteiger partial charge in [-0.05, 0) is 37.1 Å². The number of aromatic nitrogens is 2. The number of amides is 1. The summed E-state index contributed by atoms with van der Waals surface area (Å²) in [5.74, 6) is -0.470. The number of carbonyl (C=O) groups is 1. The molecule has 0 aliphatic carbocycles. The summed E-state index contributed by atoms with van der Waals surface area (Å²) in [7, 11) is 0. The molecule has 2 aromatic carbocycles. The van der Waals surface area contributed by atoms with Gasteiger partial charge in [0, 0.05) is 17.0 Å². The van der Waals surface area contributed by atoms with Crippen LogP contribution in [0.5, 0.6) is 0 Å². The summed E-state index contributed by atoms with van der Waals surface area (Å²) >= 11 is 6.00. The van der Waals surface area contributed by atoms with Gasteiger partial charge >= 0.3 is 0 Å².